The molecule has 0 bridgehead atoms. The number of amides is 2. The molecule has 9 heteroatoms. The van der Waals surface area contributed by atoms with Crippen LogP contribution in [0.5, 0.6) is 5.75 Å². The van der Waals surface area contributed by atoms with Gasteiger partial charge in [0.1, 0.15) is 18.2 Å². The van der Waals surface area contributed by atoms with Crippen LogP contribution in [0.3, 0.4) is 0 Å². The van der Waals surface area contributed by atoms with E-state index in [0.717, 1.165) is 5.56 Å². The lowest BCUT2D eigenvalue weighted by Crippen LogP contribution is -2.30. The first-order valence-electron chi connectivity index (χ1n) is 10.5. The normalized spacial score (nSPS) is 15.7. The predicted octanol–water partition coefficient (Wildman–Crippen LogP) is 5.21. The molecule has 2 amide bonds. The molecular weight excluding hydrogens is 480 g/mol. The summed E-state index contributed by atoms with van der Waals surface area (Å²) in [6.45, 7) is 0.449. The third-order valence-corrected chi connectivity index (χ3v) is 6.06. The fraction of sp³-hybridized carbons (Fsp3) is 0.160. The molecule has 1 atom stereocenters. The molecule has 1 aliphatic heterocycles. The Balaban J connectivity index is 1.28. The molecule has 1 aliphatic rings. The molecule has 1 fully saturated rings. The van der Waals surface area contributed by atoms with Crippen LogP contribution in [0.15, 0.2) is 71.8 Å². The second-order valence-corrected chi connectivity index (χ2v) is 8.49. The number of rotatable bonds is 7. The second-order valence-electron chi connectivity index (χ2n) is 7.67. The number of anilines is 1. The Bertz CT molecular complexity index is 1200. The Kier molecular flexibility index (Phi) is 7.45. The van der Waals surface area contributed by atoms with Gasteiger partial charge in [0.2, 0.25) is 11.8 Å². The van der Waals surface area contributed by atoms with E-state index in [1.165, 1.54) is 35.4 Å². The number of nitrogens with one attached hydrogen (secondary N) is 1. The van der Waals surface area contributed by atoms with Crippen molar-refractivity contribution in [3.63, 3.8) is 0 Å². The minimum absolute atomic E-state index is 0.0697. The molecular formula is C25H20Cl2FN3O3. The van der Waals surface area contributed by atoms with Crippen molar-refractivity contribution >= 4 is 46.9 Å². The molecule has 0 saturated carbocycles. The van der Waals surface area contributed by atoms with Gasteiger partial charge in [-0.05, 0) is 66.2 Å². The standard InChI is InChI=1S/C25H20Cl2FN3O3/c26-22-2-1-3-23(27)21(22)15-34-20-10-4-16(5-11-20)13-29-30-25(33)17-12-24(32)31(14-17)19-8-6-18(28)7-9-19/h1-11,13,17H,12,14-15H2,(H,30,33)/b29-13-/t17-/m0/s1. The van der Waals surface area contributed by atoms with E-state index in [0.29, 0.717) is 27.0 Å². The van der Waals surface area contributed by atoms with Crippen LogP contribution >= 0.6 is 23.2 Å². The highest BCUT2D eigenvalue weighted by Gasteiger charge is 2.35. The van der Waals surface area contributed by atoms with Crippen molar-refractivity contribution in [1.29, 1.82) is 0 Å². The predicted molar refractivity (Wildman–Crippen MR) is 130 cm³/mol. The summed E-state index contributed by atoms with van der Waals surface area (Å²) < 4.78 is 18.9. The van der Waals surface area contributed by atoms with Crippen LogP contribution < -0.4 is 15.1 Å². The van der Waals surface area contributed by atoms with E-state index in [-0.39, 0.29) is 37.2 Å². The third-order valence-electron chi connectivity index (χ3n) is 5.35. The van der Waals surface area contributed by atoms with Crippen LogP contribution in [0.4, 0.5) is 10.1 Å². The molecule has 1 N–H and O–H groups in total. The van der Waals surface area contributed by atoms with E-state index in [1.54, 1.807) is 42.5 Å². The number of ether oxygens (including phenoxy) is 1. The van der Waals surface area contributed by atoms with Crippen molar-refractivity contribution in [3.05, 3.63) is 93.7 Å². The molecule has 3 aromatic carbocycles. The van der Waals surface area contributed by atoms with Gasteiger partial charge >= 0.3 is 0 Å². The molecule has 1 saturated heterocycles. The molecule has 4 rings (SSSR count). The van der Waals surface area contributed by atoms with Crippen molar-refractivity contribution in [1.82, 2.24) is 5.43 Å². The van der Waals surface area contributed by atoms with Gasteiger partial charge in [-0.15, -0.1) is 0 Å². The Morgan fingerprint density at radius 2 is 1.76 bits per heavy atom. The Morgan fingerprint density at radius 3 is 2.44 bits per heavy atom. The average Bonchev–Trinajstić information content (AvgIpc) is 3.22. The van der Waals surface area contributed by atoms with Crippen LogP contribution in [-0.2, 0) is 16.2 Å². The summed E-state index contributed by atoms with van der Waals surface area (Å²) in [4.78, 5) is 26.2. The number of nitrogens with zero attached hydrogens (tertiary/aromatic N) is 2. The van der Waals surface area contributed by atoms with Crippen LogP contribution in [0, 0.1) is 11.7 Å². The maximum atomic E-state index is 13.1. The van der Waals surface area contributed by atoms with Gasteiger partial charge in [-0.2, -0.15) is 5.10 Å². The van der Waals surface area contributed by atoms with E-state index >= 15 is 0 Å². The summed E-state index contributed by atoms with van der Waals surface area (Å²) in [5.74, 6) is -0.844. The number of benzene rings is 3. The van der Waals surface area contributed by atoms with Crippen molar-refractivity contribution in [2.75, 3.05) is 11.4 Å². The number of carbonyl (C=O) groups is 2. The first-order valence-corrected chi connectivity index (χ1v) is 11.2. The van der Waals surface area contributed by atoms with Gasteiger partial charge in [-0.25, -0.2) is 9.82 Å². The third kappa shape index (κ3) is 5.73. The van der Waals surface area contributed by atoms with E-state index < -0.39 is 5.92 Å². The Hall–Kier alpha value is -3.42. The van der Waals surface area contributed by atoms with Gasteiger partial charge in [-0.3, -0.25) is 9.59 Å². The molecule has 0 aliphatic carbocycles. The van der Waals surface area contributed by atoms with E-state index in [1.807, 2.05) is 0 Å². The lowest BCUT2D eigenvalue weighted by molar-refractivity contribution is -0.126. The smallest absolute Gasteiger partial charge is 0.245 e. The molecule has 0 unspecified atom stereocenters. The quantitative estimate of drug-likeness (QED) is 0.358. The second kappa shape index (κ2) is 10.7. The monoisotopic (exact) mass is 499 g/mol. The zero-order valence-electron chi connectivity index (χ0n) is 17.9. The number of hydrogen-bond acceptors (Lipinski definition) is 4. The zero-order valence-corrected chi connectivity index (χ0v) is 19.4. The summed E-state index contributed by atoms with van der Waals surface area (Å²) >= 11 is 12.3. The summed E-state index contributed by atoms with van der Waals surface area (Å²) in [6, 6.07) is 18.0. The number of carbonyl (C=O) groups excluding carboxylic acids is 2. The molecule has 174 valence electrons. The summed E-state index contributed by atoms with van der Waals surface area (Å²) in [6.07, 6.45) is 1.57. The van der Waals surface area contributed by atoms with Crippen molar-refractivity contribution in [3.8, 4) is 5.75 Å². The van der Waals surface area contributed by atoms with Gasteiger partial charge in [0.15, 0.2) is 0 Å². The molecule has 0 radical (unpaired) electrons. The molecule has 6 nitrogen and oxygen atoms in total. The first kappa shape index (κ1) is 23.7. The number of hydrazone groups is 1. The molecule has 3 aromatic rings. The van der Waals surface area contributed by atoms with E-state index in [9.17, 15) is 14.0 Å². The molecule has 1 heterocycles. The van der Waals surface area contributed by atoms with Gasteiger partial charge < -0.3 is 9.64 Å². The fourth-order valence-corrected chi connectivity index (χ4v) is 4.00. The van der Waals surface area contributed by atoms with Gasteiger partial charge in [0.25, 0.3) is 0 Å². The first-order chi connectivity index (χ1) is 16.4. The van der Waals surface area contributed by atoms with Gasteiger partial charge in [0, 0.05) is 34.3 Å². The zero-order chi connectivity index (χ0) is 24.1. The molecule has 0 aromatic heterocycles. The van der Waals surface area contributed by atoms with Gasteiger partial charge in [0.05, 0.1) is 12.1 Å². The highest BCUT2D eigenvalue weighted by Crippen LogP contribution is 2.27. The van der Waals surface area contributed by atoms with Crippen molar-refractivity contribution in [2.24, 2.45) is 11.0 Å². The minimum atomic E-state index is -0.540. The summed E-state index contributed by atoms with van der Waals surface area (Å²) in [7, 11) is 0. The van der Waals surface area contributed by atoms with E-state index in [2.05, 4.69) is 10.5 Å². The fourth-order valence-electron chi connectivity index (χ4n) is 3.49. The Labute approximate surface area is 205 Å². The van der Waals surface area contributed by atoms with Crippen LogP contribution in [0.1, 0.15) is 17.5 Å². The lowest BCUT2D eigenvalue weighted by atomic mass is 10.1. The van der Waals surface area contributed by atoms with Crippen molar-refractivity contribution in [2.45, 2.75) is 13.0 Å². The average molecular weight is 500 g/mol. The van der Waals surface area contributed by atoms with Crippen LogP contribution in [-0.4, -0.2) is 24.6 Å². The van der Waals surface area contributed by atoms with E-state index in [4.69, 9.17) is 27.9 Å². The highest BCUT2D eigenvalue weighted by atomic mass is 35.5. The highest BCUT2D eigenvalue weighted by molar-refractivity contribution is 6.35. The number of halogens is 3. The van der Waals surface area contributed by atoms with Crippen LogP contribution in [0.25, 0.3) is 0 Å². The lowest BCUT2D eigenvalue weighted by Gasteiger charge is -2.16. The topological polar surface area (TPSA) is 71.0 Å². The SMILES string of the molecule is O=C(N/N=C\c1ccc(OCc2c(Cl)cccc2Cl)cc1)[C@H]1CC(=O)N(c2ccc(F)cc2)C1. The molecule has 0 spiro atoms. The molecule has 34 heavy (non-hydrogen) atoms. The van der Waals surface area contributed by atoms with Crippen molar-refractivity contribution < 1.29 is 18.7 Å². The van der Waals surface area contributed by atoms with Gasteiger partial charge in [-0.1, -0.05) is 29.3 Å². The van der Waals surface area contributed by atoms with Crippen LogP contribution in [0.2, 0.25) is 10.0 Å². The maximum Gasteiger partial charge on any atom is 0.245 e. The largest absolute Gasteiger partial charge is 0.489 e. The number of hydrogen-bond donors (Lipinski definition) is 1. The minimum Gasteiger partial charge on any atom is -0.489 e. The Morgan fingerprint density at radius 1 is 1.09 bits per heavy atom. The summed E-state index contributed by atoms with van der Waals surface area (Å²) in [5, 5.41) is 5.06. The maximum absolute atomic E-state index is 13.1. The summed E-state index contributed by atoms with van der Waals surface area (Å²) in [5.41, 5.74) is 4.50.